The van der Waals surface area contributed by atoms with Gasteiger partial charge in [-0.25, -0.2) is 9.67 Å². The standard InChI is InChI=1S/C24H20Cl2N4O/c1-14-10-11-15(2)20(12-14)27-24(31)22-28-23(17-6-4-7-18(25)13-17)30(29-22)21-9-5-8-19(26)16(21)3/h4-13H,1-3H3,(H,27,31). The fourth-order valence-electron chi connectivity index (χ4n) is 3.26. The molecule has 0 fully saturated rings. The van der Waals surface area contributed by atoms with E-state index in [4.69, 9.17) is 23.2 Å². The van der Waals surface area contributed by atoms with Gasteiger partial charge in [0.1, 0.15) is 0 Å². The molecule has 4 rings (SSSR count). The van der Waals surface area contributed by atoms with Crippen molar-refractivity contribution in [2.45, 2.75) is 20.8 Å². The van der Waals surface area contributed by atoms with E-state index in [0.29, 0.717) is 15.9 Å². The van der Waals surface area contributed by atoms with Crippen LogP contribution in [-0.4, -0.2) is 20.7 Å². The normalized spacial score (nSPS) is 10.9. The smallest absolute Gasteiger partial charge is 0.295 e. The van der Waals surface area contributed by atoms with Gasteiger partial charge in [-0.3, -0.25) is 4.79 Å². The first kappa shape index (κ1) is 21.1. The number of aromatic nitrogens is 3. The van der Waals surface area contributed by atoms with Gasteiger partial charge in [-0.2, -0.15) is 0 Å². The minimum Gasteiger partial charge on any atom is -0.319 e. The molecule has 0 aliphatic heterocycles. The number of benzene rings is 3. The maximum Gasteiger partial charge on any atom is 0.295 e. The Morgan fingerprint density at radius 2 is 1.74 bits per heavy atom. The molecule has 0 saturated heterocycles. The largest absolute Gasteiger partial charge is 0.319 e. The second kappa shape index (κ2) is 8.53. The van der Waals surface area contributed by atoms with Crippen LogP contribution in [0.25, 0.3) is 17.1 Å². The van der Waals surface area contributed by atoms with Gasteiger partial charge >= 0.3 is 0 Å². The van der Waals surface area contributed by atoms with E-state index in [-0.39, 0.29) is 5.82 Å². The highest BCUT2D eigenvalue weighted by Crippen LogP contribution is 2.28. The summed E-state index contributed by atoms with van der Waals surface area (Å²) in [7, 11) is 0. The number of nitrogens with zero attached hydrogens (tertiary/aromatic N) is 3. The zero-order valence-corrected chi connectivity index (χ0v) is 18.8. The third kappa shape index (κ3) is 4.33. The van der Waals surface area contributed by atoms with Crippen molar-refractivity contribution in [1.29, 1.82) is 0 Å². The number of nitrogens with one attached hydrogen (secondary N) is 1. The second-order valence-corrected chi connectivity index (χ2v) is 8.18. The van der Waals surface area contributed by atoms with Gasteiger partial charge in [0.2, 0.25) is 5.82 Å². The Labute approximate surface area is 190 Å². The van der Waals surface area contributed by atoms with E-state index in [9.17, 15) is 4.79 Å². The van der Waals surface area contributed by atoms with Gasteiger partial charge in [0, 0.05) is 21.3 Å². The average Bonchev–Trinajstić information content (AvgIpc) is 3.18. The summed E-state index contributed by atoms with van der Waals surface area (Å²) in [6, 6.07) is 18.7. The topological polar surface area (TPSA) is 59.8 Å². The lowest BCUT2D eigenvalue weighted by atomic mass is 10.1. The van der Waals surface area contributed by atoms with E-state index < -0.39 is 5.91 Å². The maximum absolute atomic E-state index is 13.0. The highest BCUT2D eigenvalue weighted by molar-refractivity contribution is 6.31. The Morgan fingerprint density at radius 1 is 0.968 bits per heavy atom. The lowest BCUT2D eigenvalue weighted by Crippen LogP contribution is -2.15. The predicted octanol–water partition coefficient (Wildman–Crippen LogP) is 6.42. The van der Waals surface area contributed by atoms with Crippen LogP contribution in [-0.2, 0) is 0 Å². The molecular formula is C24H20Cl2N4O. The van der Waals surface area contributed by atoms with E-state index in [1.807, 2.05) is 69.3 Å². The Kier molecular flexibility index (Phi) is 5.81. The zero-order valence-electron chi connectivity index (χ0n) is 17.3. The Bertz CT molecular complexity index is 1300. The highest BCUT2D eigenvalue weighted by Gasteiger charge is 2.21. The quantitative estimate of drug-likeness (QED) is 0.390. The summed E-state index contributed by atoms with van der Waals surface area (Å²) >= 11 is 12.5. The van der Waals surface area contributed by atoms with E-state index in [1.165, 1.54) is 0 Å². The van der Waals surface area contributed by atoms with Crippen LogP contribution in [0.1, 0.15) is 27.3 Å². The second-order valence-electron chi connectivity index (χ2n) is 7.34. The SMILES string of the molecule is Cc1ccc(C)c(NC(=O)c2nc(-c3cccc(Cl)c3)n(-c3cccc(Cl)c3C)n2)c1. The van der Waals surface area contributed by atoms with Crippen LogP contribution in [0, 0.1) is 20.8 Å². The Hall–Kier alpha value is -3.15. The van der Waals surface area contributed by atoms with E-state index in [2.05, 4.69) is 15.4 Å². The number of anilines is 1. The minimum atomic E-state index is -0.393. The summed E-state index contributed by atoms with van der Waals surface area (Å²) in [5.74, 6) is 0.157. The lowest BCUT2D eigenvalue weighted by molar-refractivity contribution is 0.101. The van der Waals surface area contributed by atoms with Gasteiger partial charge in [0.25, 0.3) is 5.91 Å². The minimum absolute atomic E-state index is 0.0512. The van der Waals surface area contributed by atoms with Gasteiger partial charge in [-0.1, -0.05) is 53.5 Å². The molecule has 5 nitrogen and oxygen atoms in total. The monoisotopic (exact) mass is 450 g/mol. The first-order valence-corrected chi connectivity index (χ1v) is 10.5. The van der Waals surface area contributed by atoms with Crippen molar-refractivity contribution in [3.8, 4) is 17.1 Å². The number of rotatable bonds is 4. The fourth-order valence-corrected chi connectivity index (χ4v) is 3.62. The van der Waals surface area contributed by atoms with Crippen LogP contribution in [0.5, 0.6) is 0 Å². The van der Waals surface area contributed by atoms with Crippen LogP contribution >= 0.6 is 23.2 Å². The van der Waals surface area contributed by atoms with Gasteiger partial charge in [0.15, 0.2) is 5.82 Å². The van der Waals surface area contributed by atoms with Crippen LogP contribution in [0.4, 0.5) is 5.69 Å². The summed E-state index contributed by atoms with van der Waals surface area (Å²) in [6.07, 6.45) is 0. The van der Waals surface area contributed by atoms with Crippen molar-refractivity contribution >= 4 is 34.8 Å². The fraction of sp³-hybridized carbons (Fsp3) is 0.125. The molecule has 31 heavy (non-hydrogen) atoms. The Morgan fingerprint density at radius 3 is 2.52 bits per heavy atom. The third-order valence-corrected chi connectivity index (χ3v) is 5.65. The Balaban J connectivity index is 1.82. The molecule has 1 amide bonds. The van der Waals surface area contributed by atoms with Crippen LogP contribution in [0.2, 0.25) is 10.0 Å². The molecule has 0 unspecified atom stereocenters. The third-order valence-electron chi connectivity index (χ3n) is 5.00. The van der Waals surface area contributed by atoms with Crippen LogP contribution in [0.15, 0.2) is 60.7 Å². The number of carbonyl (C=O) groups excluding carboxylic acids is 1. The summed E-state index contributed by atoms with van der Waals surface area (Å²) in [5.41, 5.74) is 5.04. The molecule has 1 heterocycles. The van der Waals surface area contributed by atoms with Crippen LogP contribution < -0.4 is 5.32 Å². The zero-order chi connectivity index (χ0) is 22.1. The van der Waals surface area contributed by atoms with E-state index in [0.717, 1.165) is 33.6 Å². The molecule has 1 N–H and O–H groups in total. The van der Waals surface area contributed by atoms with Crippen LogP contribution in [0.3, 0.4) is 0 Å². The van der Waals surface area contributed by atoms with Gasteiger partial charge < -0.3 is 5.32 Å². The molecule has 0 aliphatic carbocycles. The lowest BCUT2D eigenvalue weighted by Gasteiger charge is -2.10. The summed E-state index contributed by atoms with van der Waals surface area (Å²) in [5, 5.41) is 8.62. The molecule has 0 atom stereocenters. The molecular weight excluding hydrogens is 431 g/mol. The van der Waals surface area contributed by atoms with Crippen molar-refractivity contribution in [3.63, 3.8) is 0 Å². The predicted molar refractivity (Wildman–Crippen MR) is 125 cm³/mol. The van der Waals surface area contributed by atoms with Crippen molar-refractivity contribution in [2.24, 2.45) is 0 Å². The molecule has 0 aliphatic rings. The van der Waals surface area contributed by atoms with Gasteiger partial charge in [-0.05, 0) is 67.8 Å². The van der Waals surface area contributed by atoms with Gasteiger partial charge in [0.05, 0.1) is 5.69 Å². The van der Waals surface area contributed by atoms with Crippen molar-refractivity contribution < 1.29 is 4.79 Å². The van der Waals surface area contributed by atoms with Crippen molar-refractivity contribution in [2.75, 3.05) is 5.32 Å². The van der Waals surface area contributed by atoms with Crippen molar-refractivity contribution in [3.05, 3.63) is 93.2 Å². The first-order valence-electron chi connectivity index (χ1n) is 9.70. The number of halogens is 2. The van der Waals surface area contributed by atoms with Crippen molar-refractivity contribution in [1.82, 2.24) is 14.8 Å². The molecule has 156 valence electrons. The maximum atomic E-state index is 13.0. The molecule has 4 aromatic rings. The average molecular weight is 451 g/mol. The number of hydrogen-bond donors (Lipinski definition) is 1. The molecule has 3 aromatic carbocycles. The summed E-state index contributed by atoms with van der Waals surface area (Å²) in [4.78, 5) is 17.6. The molecule has 0 spiro atoms. The molecule has 0 radical (unpaired) electrons. The number of carbonyl (C=O) groups is 1. The molecule has 1 aromatic heterocycles. The van der Waals surface area contributed by atoms with E-state index in [1.54, 1.807) is 16.8 Å². The molecule has 0 saturated carbocycles. The van der Waals surface area contributed by atoms with E-state index >= 15 is 0 Å². The number of aryl methyl sites for hydroxylation is 2. The first-order chi connectivity index (χ1) is 14.8. The van der Waals surface area contributed by atoms with Gasteiger partial charge in [-0.15, -0.1) is 5.10 Å². The number of hydrogen-bond acceptors (Lipinski definition) is 3. The summed E-state index contributed by atoms with van der Waals surface area (Å²) < 4.78 is 1.63. The number of amides is 1. The summed E-state index contributed by atoms with van der Waals surface area (Å²) in [6.45, 7) is 5.81. The molecule has 7 heteroatoms. The molecule has 0 bridgehead atoms. The highest BCUT2D eigenvalue weighted by atomic mass is 35.5.